The Morgan fingerprint density at radius 3 is 2.94 bits per heavy atom. The maximum atomic E-state index is 5.33. The SMILES string of the molecule is COc1cccc2c(-c3cccs3)noc12. The van der Waals surface area contributed by atoms with E-state index in [-0.39, 0.29) is 0 Å². The van der Waals surface area contributed by atoms with Crippen LogP contribution >= 0.6 is 11.3 Å². The number of fused-ring (bicyclic) bond motifs is 1. The Hall–Kier alpha value is -1.81. The third-order valence-corrected chi connectivity index (χ3v) is 3.31. The largest absolute Gasteiger partial charge is 0.493 e. The summed E-state index contributed by atoms with van der Waals surface area (Å²) in [7, 11) is 1.63. The van der Waals surface area contributed by atoms with Crippen LogP contribution in [0.1, 0.15) is 0 Å². The molecule has 0 N–H and O–H groups in total. The van der Waals surface area contributed by atoms with Gasteiger partial charge in [0, 0.05) is 0 Å². The van der Waals surface area contributed by atoms with E-state index in [0.717, 1.165) is 16.0 Å². The molecule has 0 atom stereocenters. The minimum atomic E-state index is 0.702. The average Bonchev–Trinajstić information content (AvgIpc) is 2.96. The van der Waals surface area contributed by atoms with Gasteiger partial charge in [-0.1, -0.05) is 17.3 Å². The molecule has 3 nitrogen and oxygen atoms in total. The van der Waals surface area contributed by atoms with Gasteiger partial charge in [-0.3, -0.25) is 0 Å². The topological polar surface area (TPSA) is 35.3 Å². The van der Waals surface area contributed by atoms with Crippen LogP contribution in [-0.2, 0) is 0 Å². The van der Waals surface area contributed by atoms with E-state index in [1.54, 1.807) is 18.4 Å². The Morgan fingerprint density at radius 2 is 2.19 bits per heavy atom. The summed E-state index contributed by atoms with van der Waals surface area (Å²) in [5, 5.41) is 7.11. The summed E-state index contributed by atoms with van der Waals surface area (Å²) >= 11 is 1.65. The van der Waals surface area contributed by atoms with Crippen LogP contribution < -0.4 is 4.74 Å². The van der Waals surface area contributed by atoms with Gasteiger partial charge in [0.25, 0.3) is 0 Å². The lowest BCUT2D eigenvalue weighted by Gasteiger charge is -1.97. The molecule has 0 aliphatic carbocycles. The van der Waals surface area contributed by atoms with Crippen molar-refractivity contribution in [3.63, 3.8) is 0 Å². The Balaban J connectivity index is 2.29. The molecule has 0 unspecified atom stereocenters. The number of hydrogen-bond acceptors (Lipinski definition) is 4. The van der Waals surface area contributed by atoms with E-state index in [4.69, 9.17) is 9.26 Å². The molecule has 0 saturated carbocycles. The van der Waals surface area contributed by atoms with E-state index in [2.05, 4.69) is 5.16 Å². The van der Waals surface area contributed by atoms with Gasteiger partial charge in [-0.25, -0.2) is 0 Å². The van der Waals surface area contributed by atoms with Crippen molar-refractivity contribution >= 4 is 22.3 Å². The maximum absolute atomic E-state index is 5.33. The van der Waals surface area contributed by atoms with Gasteiger partial charge in [0.1, 0.15) is 5.69 Å². The first-order valence-electron chi connectivity index (χ1n) is 4.86. The first kappa shape index (κ1) is 9.42. The standard InChI is InChI=1S/C12H9NO2S/c1-14-9-5-2-4-8-11(13-15-12(8)9)10-6-3-7-16-10/h2-7H,1H3. The smallest absolute Gasteiger partial charge is 0.209 e. The number of nitrogens with zero attached hydrogens (tertiary/aromatic N) is 1. The average molecular weight is 231 g/mol. The number of ether oxygens (including phenoxy) is 1. The first-order chi connectivity index (χ1) is 7.90. The number of methoxy groups -OCH3 is 1. The van der Waals surface area contributed by atoms with E-state index >= 15 is 0 Å². The third-order valence-electron chi connectivity index (χ3n) is 2.44. The van der Waals surface area contributed by atoms with Gasteiger partial charge in [0.15, 0.2) is 5.75 Å². The summed E-state index contributed by atoms with van der Waals surface area (Å²) in [6.07, 6.45) is 0. The lowest BCUT2D eigenvalue weighted by molar-refractivity contribution is 0.394. The summed E-state index contributed by atoms with van der Waals surface area (Å²) in [4.78, 5) is 1.10. The summed E-state index contributed by atoms with van der Waals surface area (Å²) in [5.74, 6) is 0.716. The van der Waals surface area contributed by atoms with Gasteiger partial charge in [0.05, 0.1) is 17.4 Å². The van der Waals surface area contributed by atoms with Crippen molar-refractivity contribution in [2.75, 3.05) is 7.11 Å². The molecule has 4 heteroatoms. The number of thiophene rings is 1. The predicted octanol–water partition coefficient (Wildman–Crippen LogP) is 3.56. The quantitative estimate of drug-likeness (QED) is 0.676. The van der Waals surface area contributed by atoms with E-state index < -0.39 is 0 Å². The van der Waals surface area contributed by atoms with Crippen LogP contribution in [-0.4, -0.2) is 12.3 Å². The fraction of sp³-hybridized carbons (Fsp3) is 0.0833. The molecule has 3 aromatic rings. The van der Waals surface area contributed by atoms with Crippen LogP contribution in [0.2, 0.25) is 0 Å². The summed E-state index contributed by atoms with van der Waals surface area (Å²) in [6, 6.07) is 9.83. The van der Waals surface area contributed by atoms with Gasteiger partial charge in [-0.2, -0.15) is 0 Å². The Labute approximate surface area is 96.3 Å². The maximum Gasteiger partial charge on any atom is 0.209 e. The fourth-order valence-corrected chi connectivity index (χ4v) is 2.41. The fourth-order valence-electron chi connectivity index (χ4n) is 1.69. The third kappa shape index (κ3) is 1.31. The van der Waals surface area contributed by atoms with E-state index in [1.165, 1.54) is 0 Å². The molecule has 3 rings (SSSR count). The molecule has 0 aliphatic rings. The molecular formula is C12H9NO2S. The highest BCUT2D eigenvalue weighted by atomic mass is 32.1. The molecule has 0 aliphatic heterocycles. The van der Waals surface area contributed by atoms with Crippen molar-refractivity contribution in [3.05, 3.63) is 35.7 Å². The molecule has 0 radical (unpaired) electrons. The molecule has 16 heavy (non-hydrogen) atoms. The minimum Gasteiger partial charge on any atom is -0.493 e. The van der Waals surface area contributed by atoms with Crippen molar-refractivity contribution in [2.24, 2.45) is 0 Å². The molecule has 0 fully saturated rings. The van der Waals surface area contributed by atoms with Gasteiger partial charge in [-0.05, 0) is 23.6 Å². The zero-order valence-corrected chi connectivity index (χ0v) is 9.45. The monoisotopic (exact) mass is 231 g/mol. The summed E-state index contributed by atoms with van der Waals surface area (Å²) in [6.45, 7) is 0. The van der Waals surface area contributed by atoms with Crippen LogP contribution in [0, 0.1) is 0 Å². The lowest BCUT2D eigenvalue weighted by atomic mass is 10.2. The van der Waals surface area contributed by atoms with Crippen molar-refractivity contribution in [3.8, 4) is 16.3 Å². The second kappa shape index (κ2) is 3.64. The van der Waals surface area contributed by atoms with Crippen molar-refractivity contribution in [1.82, 2.24) is 5.16 Å². The normalized spacial score (nSPS) is 10.8. The predicted molar refractivity (Wildman–Crippen MR) is 63.9 cm³/mol. The Kier molecular flexibility index (Phi) is 2.15. The van der Waals surface area contributed by atoms with Crippen molar-refractivity contribution in [1.29, 1.82) is 0 Å². The van der Waals surface area contributed by atoms with Gasteiger partial charge in [-0.15, -0.1) is 11.3 Å². The molecular weight excluding hydrogens is 222 g/mol. The zero-order valence-electron chi connectivity index (χ0n) is 8.64. The Bertz CT molecular complexity index is 613. The summed E-state index contributed by atoms with van der Waals surface area (Å²) in [5.41, 5.74) is 1.58. The minimum absolute atomic E-state index is 0.702. The second-order valence-electron chi connectivity index (χ2n) is 3.35. The highest BCUT2D eigenvalue weighted by molar-refractivity contribution is 7.13. The zero-order chi connectivity index (χ0) is 11.0. The molecule has 0 saturated heterocycles. The number of rotatable bonds is 2. The van der Waals surface area contributed by atoms with Crippen LogP contribution in [0.5, 0.6) is 5.75 Å². The van der Waals surface area contributed by atoms with Gasteiger partial charge >= 0.3 is 0 Å². The van der Waals surface area contributed by atoms with Gasteiger partial charge in [0.2, 0.25) is 5.58 Å². The molecule has 0 amide bonds. The molecule has 2 aromatic heterocycles. The molecule has 0 bridgehead atoms. The van der Waals surface area contributed by atoms with Gasteiger partial charge < -0.3 is 9.26 Å². The second-order valence-corrected chi connectivity index (χ2v) is 4.29. The van der Waals surface area contributed by atoms with Crippen molar-refractivity contribution < 1.29 is 9.26 Å². The number of hydrogen-bond donors (Lipinski definition) is 0. The first-order valence-corrected chi connectivity index (χ1v) is 5.74. The highest BCUT2D eigenvalue weighted by Crippen LogP contribution is 2.34. The Morgan fingerprint density at radius 1 is 1.25 bits per heavy atom. The molecule has 2 heterocycles. The molecule has 80 valence electrons. The molecule has 0 spiro atoms. The highest BCUT2D eigenvalue weighted by Gasteiger charge is 2.13. The number of benzene rings is 1. The lowest BCUT2D eigenvalue weighted by Crippen LogP contribution is -1.81. The van der Waals surface area contributed by atoms with E-state index in [1.807, 2.05) is 35.7 Å². The number of aromatic nitrogens is 1. The summed E-state index contributed by atoms with van der Waals surface area (Å²) < 4.78 is 10.6. The van der Waals surface area contributed by atoms with Crippen LogP contribution in [0.4, 0.5) is 0 Å². The van der Waals surface area contributed by atoms with E-state index in [9.17, 15) is 0 Å². The molecule has 1 aromatic carbocycles. The van der Waals surface area contributed by atoms with E-state index in [0.29, 0.717) is 11.3 Å². The van der Waals surface area contributed by atoms with Crippen LogP contribution in [0.25, 0.3) is 21.5 Å². The number of para-hydroxylation sites is 1. The van der Waals surface area contributed by atoms with Crippen LogP contribution in [0.3, 0.4) is 0 Å². The van der Waals surface area contributed by atoms with Crippen LogP contribution in [0.15, 0.2) is 40.2 Å². The van der Waals surface area contributed by atoms with Crippen molar-refractivity contribution in [2.45, 2.75) is 0 Å².